The fourth-order valence-corrected chi connectivity index (χ4v) is 1.39. The molecule has 68 valence electrons. The molecular weight excluding hydrogens is 158 g/mol. The van der Waals surface area contributed by atoms with Crippen LogP contribution in [0.4, 0.5) is 0 Å². The summed E-state index contributed by atoms with van der Waals surface area (Å²) in [5.74, 6) is -0.770. The average molecular weight is 171 g/mol. The summed E-state index contributed by atoms with van der Waals surface area (Å²) in [5.41, 5.74) is 0. The number of rotatable bonds is 1. The number of hydrogen-bond donors (Lipinski definition) is 2. The van der Waals surface area contributed by atoms with E-state index in [1.54, 1.807) is 0 Å². The van der Waals surface area contributed by atoms with Crippen LogP contribution in [0.15, 0.2) is 0 Å². The third-order valence-electron chi connectivity index (χ3n) is 2.14. The minimum Gasteiger partial charge on any atom is -0.480 e. The molecule has 2 atom stereocenters. The zero-order valence-electron chi connectivity index (χ0n) is 7.04. The van der Waals surface area contributed by atoms with Crippen LogP contribution in [-0.4, -0.2) is 23.0 Å². The van der Waals surface area contributed by atoms with Gasteiger partial charge in [-0.2, -0.15) is 0 Å². The highest BCUT2D eigenvalue weighted by Crippen LogP contribution is 2.16. The highest BCUT2D eigenvalue weighted by molar-refractivity contribution is 5.83. The second kappa shape index (κ2) is 3.56. The molecule has 0 aromatic heterocycles. The van der Waals surface area contributed by atoms with Gasteiger partial charge in [-0.25, -0.2) is 4.79 Å². The number of carbonyl (C=O) groups is 2. The zero-order chi connectivity index (χ0) is 9.14. The smallest absolute Gasteiger partial charge is 0.326 e. The van der Waals surface area contributed by atoms with Crippen molar-refractivity contribution in [1.29, 1.82) is 0 Å². The Balaban J connectivity index is 2.61. The summed E-state index contributed by atoms with van der Waals surface area (Å²) in [4.78, 5) is 21.6. The van der Waals surface area contributed by atoms with Crippen molar-refractivity contribution in [3.05, 3.63) is 0 Å². The van der Waals surface area contributed by atoms with E-state index in [1.807, 2.05) is 6.92 Å². The maximum Gasteiger partial charge on any atom is 0.326 e. The van der Waals surface area contributed by atoms with E-state index in [1.165, 1.54) is 0 Å². The Kier molecular flexibility index (Phi) is 2.68. The summed E-state index contributed by atoms with van der Waals surface area (Å²) in [5, 5.41) is 11.2. The molecule has 4 heteroatoms. The van der Waals surface area contributed by atoms with Crippen LogP contribution in [0.5, 0.6) is 0 Å². The largest absolute Gasteiger partial charge is 0.480 e. The van der Waals surface area contributed by atoms with Gasteiger partial charge >= 0.3 is 5.97 Å². The molecule has 0 spiro atoms. The first-order chi connectivity index (χ1) is 5.59. The van der Waals surface area contributed by atoms with Crippen molar-refractivity contribution < 1.29 is 14.7 Å². The summed E-state index contributed by atoms with van der Waals surface area (Å²) < 4.78 is 0. The molecule has 0 aromatic rings. The van der Waals surface area contributed by atoms with Gasteiger partial charge in [0.2, 0.25) is 5.91 Å². The molecule has 0 aromatic carbocycles. The molecule has 1 aliphatic rings. The third-order valence-corrected chi connectivity index (χ3v) is 2.14. The molecule has 1 heterocycles. The number of aliphatic carboxylic acids is 1. The number of carboxylic acid groups (broad SMARTS) is 1. The normalized spacial score (nSPS) is 30.6. The second-order valence-corrected chi connectivity index (χ2v) is 3.34. The van der Waals surface area contributed by atoms with Crippen LogP contribution in [0, 0.1) is 5.92 Å². The van der Waals surface area contributed by atoms with E-state index in [9.17, 15) is 9.59 Å². The molecule has 1 rings (SSSR count). The monoisotopic (exact) mass is 171 g/mol. The fraction of sp³-hybridized carbons (Fsp3) is 0.750. The van der Waals surface area contributed by atoms with Crippen molar-refractivity contribution in [1.82, 2.24) is 5.32 Å². The predicted molar refractivity (Wildman–Crippen MR) is 42.6 cm³/mol. The number of carbonyl (C=O) groups excluding carboxylic acids is 1. The van der Waals surface area contributed by atoms with Gasteiger partial charge in [-0.15, -0.1) is 0 Å². The lowest BCUT2D eigenvalue weighted by Crippen LogP contribution is -2.39. The van der Waals surface area contributed by atoms with E-state index in [-0.39, 0.29) is 5.91 Å². The molecular formula is C8H13NO3. The Morgan fingerprint density at radius 3 is 2.92 bits per heavy atom. The number of amides is 1. The molecule has 0 radical (unpaired) electrons. The van der Waals surface area contributed by atoms with Crippen molar-refractivity contribution in [2.24, 2.45) is 5.92 Å². The lowest BCUT2D eigenvalue weighted by atomic mass is 9.99. The zero-order valence-corrected chi connectivity index (χ0v) is 7.04. The maximum absolute atomic E-state index is 11.0. The summed E-state index contributed by atoms with van der Waals surface area (Å²) >= 11 is 0. The molecule has 12 heavy (non-hydrogen) atoms. The van der Waals surface area contributed by atoms with Gasteiger partial charge in [0, 0.05) is 6.42 Å². The predicted octanol–water partition coefficient (Wildman–Crippen LogP) is 0.376. The van der Waals surface area contributed by atoms with Gasteiger partial charge in [-0.1, -0.05) is 6.92 Å². The van der Waals surface area contributed by atoms with Gasteiger partial charge in [0.1, 0.15) is 6.04 Å². The molecule has 0 aliphatic carbocycles. The standard InChI is InChI=1S/C8H13NO3/c1-5-2-3-7(10)9-6(4-5)8(11)12/h5-6H,2-4H2,1H3,(H,9,10)(H,11,12). The van der Waals surface area contributed by atoms with Crippen LogP contribution in [0.3, 0.4) is 0 Å². The quantitative estimate of drug-likeness (QED) is 0.599. The number of nitrogens with one attached hydrogen (secondary N) is 1. The SMILES string of the molecule is CC1CCC(=O)NC(C(=O)O)C1. The van der Waals surface area contributed by atoms with Gasteiger partial charge in [0.25, 0.3) is 0 Å². The Morgan fingerprint density at radius 1 is 1.67 bits per heavy atom. The van der Waals surface area contributed by atoms with Crippen LogP contribution in [0.1, 0.15) is 26.2 Å². The van der Waals surface area contributed by atoms with E-state index >= 15 is 0 Å². The molecule has 1 fully saturated rings. The molecule has 2 unspecified atom stereocenters. The van der Waals surface area contributed by atoms with Crippen LogP contribution >= 0.6 is 0 Å². The number of carboxylic acids is 1. The Bertz CT molecular complexity index is 202. The van der Waals surface area contributed by atoms with Crippen molar-refractivity contribution in [3.63, 3.8) is 0 Å². The van der Waals surface area contributed by atoms with Crippen LogP contribution in [0.25, 0.3) is 0 Å². The Morgan fingerprint density at radius 2 is 2.33 bits per heavy atom. The molecule has 0 saturated carbocycles. The van der Waals surface area contributed by atoms with Crippen molar-refractivity contribution in [2.75, 3.05) is 0 Å². The van der Waals surface area contributed by atoms with Gasteiger partial charge in [0.15, 0.2) is 0 Å². The van der Waals surface area contributed by atoms with Gasteiger partial charge in [-0.3, -0.25) is 4.79 Å². The van der Waals surface area contributed by atoms with Gasteiger partial charge in [0.05, 0.1) is 0 Å². The molecule has 1 saturated heterocycles. The van der Waals surface area contributed by atoms with Gasteiger partial charge < -0.3 is 10.4 Å². The van der Waals surface area contributed by atoms with E-state index in [2.05, 4.69) is 5.32 Å². The summed E-state index contributed by atoms with van der Waals surface area (Å²) in [6, 6.07) is -0.685. The highest BCUT2D eigenvalue weighted by Gasteiger charge is 2.25. The van der Waals surface area contributed by atoms with Crippen molar-refractivity contribution >= 4 is 11.9 Å². The first kappa shape index (κ1) is 9.03. The molecule has 1 amide bonds. The van der Waals surface area contributed by atoms with E-state index in [0.717, 1.165) is 6.42 Å². The fourth-order valence-electron chi connectivity index (χ4n) is 1.39. The Hall–Kier alpha value is -1.06. The minimum absolute atomic E-state index is 0.147. The maximum atomic E-state index is 11.0. The third kappa shape index (κ3) is 2.22. The van der Waals surface area contributed by atoms with Crippen LogP contribution in [0.2, 0.25) is 0 Å². The van der Waals surface area contributed by atoms with E-state index in [0.29, 0.717) is 18.8 Å². The van der Waals surface area contributed by atoms with E-state index in [4.69, 9.17) is 5.11 Å². The van der Waals surface area contributed by atoms with Gasteiger partial charge in [-0.05, 0) is 18.8 Å². The molecule has 0 bridgehead atoms. The molecule has 1 aliphatic heterocycles. The van der Waals surface area contributed by atoms with Crippen molar-refractivity contribution in [3.8, 4) is 0 Å². The van der Waals surface area contributed by atoms with E-state index < -0.39 is 12.0 Å². The number of hydrogen-bond acceptors (Lipinski definition) is 2. The highest BCUT2D eigenvalue weighted by atomic mass is 16.4. The summed E-state index contributed by atoms with van der Waals surface area (Å²) in [6.07, 6.45) is 1.78. The van der Waals surface area contributed by atoms with Crippen molar-refractivity contribution in [2.45, 2.75) is 32.2 Å². The molecule has 4 nitrogen and oxygen atoms in total. The lowest BCUT2D eigenvalue weighted by molar-refractivity contribution is -0.141. The first-order valence-electron chi connectivity index (χ1n) is 4.11. The molecule has 2 N–H and O–H groups in total. The van der Waals surface area contributed by atoms with Crippen LogP contribution in [-0.2, 0) is 9.59 Å². The summed E-state index contributed by atoms with van der Waals surface area (Å²) in [6.45, 7) is 1.97. The summed E-state index contributed by atoms with van der Waals surface area (Å²) in [7, 11) is 0. The lowest BCUT2D eigenvalue weighted by Gasteiger charge is -2.12. The topological polar surface area (TPSA) is 66.4 Å². The Labute approximate surface area is 71.0 Å². The minimum atomic E-state index is -0.933. The second-order valence-electron chi connectivity index (χ2n) is 3.34. The average Bonchev–Trinajstić information content (AvgIpc) is 2.13. The first-order valence-corrected chi connectivity index (χ1v) is 4.11. The van der Waals surface area contributed by atoms with Crippen LogP contribution < -0.4 is 5.32 Å².